The first kappa shape index (κ1) is 14.5. The van der Waals surface area contributed by atoms with Gasteiger partial charge in [0.2, 0.25) is 0 Å². The normalized spacial score (nSPS) is 12.4. The van der Waals surface area contributed by atoms with Crippen molar-refractivity contribution in [3.05, 3.63) is 59.9 Å². The molecular formula is C16H21N3O. The zero-order valence-electron chi connectivity index (χ0n) is 12.0. The van der Waals surface area contributed by atoms with Crippen LogP contribution in [0.15, 0.2) is 48.8 Å². The molecule has 0 bridgehead atoms. The first-order valence-corrected chi connectivity index (χ1v) is 6.68. The zero-order valence-corrected chi connectivity index (χ0v) is 12.0. The van der Waals surface area contributed by atoms with Crippen LogP contribution in [0.5, 0.6) is 5.75 Å². The number of benzene rings is 1. The molecular weight excluding hydrogens is 250 g/mol. The number of hydrogen-bond donors (Lipinski definition) is 1. The number of hydrogen-bond acceptors (Lipinski definition) is 4. The Kier molecular flexibility index (Phi) is 5.09. The van der Waals surface area contributed by atoms with Crippen molar-refractivity contribution in [1.82, 2.24) is 9.88 Å². The molecule has 0 saturated heterocycles. The third-order valence-electron chi connectivity index (χ3n) is 3.44. The highest BCUT2D eigenvalue weighted by Gasteiger charge is 2.17. The summed E-state index contributed by atoms with van der Waals surface area (Å²) in [7, 11) is 3.76. The van der Waals surface area contributed by atoms with Crippen molar-refractivity contribution in [3.8, 4) is 5.75 Å². The fourth-order valence-electron chi connectivity index (χ4n) is 2.36. The summed E-state index contributed by atoms with van der Waals surface area (Å²) in [5.41, 5.74) is 8.21. The predicted molar refractivity (Wildman–Crippen MR) is 80.5 cm³/mol. The molecule has 1 atom stereocenters. The number of likely N-dealkylation sites (N-methyl/N-ethyl adjacent to an activating group) is 1. The topological polar surface area (TPSA) is 51.4 Å². The maximum absolute atomic E-state index is 5.93. The van der Waals surface area contributed by atoms with Gasteiger partial charge in [-0.05, 0) is 24.7 Å². The van der Waals surface area contributed by atoms with Gasteiger partial charge in [-0.2, -0.15) is 0 Å². The molecule has 1 unspecified atom stereocenters. The summed E-state index contributed by atoms with van der Waals surface area (Å²) in [5.74, 6) is 0.904. The van der Waals surface area contributed by atoms with Crippen molar-refractivity contribution in [2.45, 2.75) is 12.6 Å². The lowest BCUT2D eigenvalue weighted by atomic mass is 10.1. The van der Waals surface area contributed by atoms with Gasteiger partial charge in [0.15, 0.2) is 0 Å². The van der Waals surface area contributed by atoms with Gasteiger partial charge in [0.1, 0.15) is 5.75 Å². The number of para-hydroxylation sites is 1. The summed E-state index contributed by atoms with van der Waals surface area (Å²) in [4.78, 5) is 6.39. The van der Waals surface area contributed by atoms with E-state index in [1.807, 2.05) is 30.5 Å². The van der Waals surface area contributed by atoms with Crippen molar-refractivity contribution in [3.63, 3.8) is 0 Å². The second-order valence-corrected chi connectivity index (χ2v) is 4.76. The molecule has 0 saturated carbocycles. The predicted octanol–water partition coefficient (Wildman–Crippen LogP) is 2.22. The number of ether oxygens (including phenoxy) is 1. The van der Waals surface area contributed by atoms with Crippen LogP contribution in [0.2, 0.25) is 0 Å². The van der Waals surface area contributed by atoms with E-state index in [9.17, 15) is 0 Å². The minimum atomic E-state index is 0.147. The fourth-order valence-corrected chi connectivity index (χ4v) is 2.36. The van der Waals surface area contributed by atoms with Gasteiger partial charge in [-0.3, -0.25) is 9.88 Å². The highest BCUT2D eigenvalue weighted by molar-refractivity contribution is 5.33. The van der Waals surface area contributed by atoms with Gasteiger partial charge in [-0.25, -0.2) is 0 Å². The van der Waals surface area contributed by atoms with Gasteiger partial charge < -0.3 is 10.5 Å². The van der Waals surface area contributed by atoms with Crippen molar-refractivity contribution < 1.29 is 4.74 Å². The van der Waals surface area contributed by atoms with Crippen LogP contribution < -0.4 is 10.5 Å². The lowest BCUT2D eigenvalue weighted by Crippen LogP contribution is -2.30. The monoisotopic (exact) mass is 271 g/mol. The van der Waals surface area contributed by atoms with E-state index in [1.165, 1.54) is 0 Å². The van der Waals surface area contributed by atoms with E-state index in [4.69, 9.17) is 10.5 Å². The first-order chi connectivity index (χ1) is 9.76. The van der Waals surface area contributed by atoms with Crippen molar-refractivity contribution >= 4 is 0 Å². The Hall–Kier alpha value is -1.91. The van der Waals surface area contributed by atoms with Crippen LogP contribution in [0.1, 0.15) is 17.2 Å². The lowest BCUT2D eigenvalue weighted by Gasteiger charge is -2.27. The molecule has 2 N–H and O–H groups in total. The molecule has 4 heteroatoms. The molecule has 20 heavy (non-hydrogen) atoms. The summed E-state index contributed by atoms with van der Waals surface area (Å²) in [6.07, 6.45) is 3.65. The third kappa shape index (κ3) is 3.35. The maximum atomic E-state index is 5.93. The van der Waals surface area contributed by atoms with Gasteiger partial charge in [-0.1, -0.05) is 24.3 Å². The highest BCUT2D eigenvalue weighted by Crippen LogP contribution is 2.23. The molecule has 4 nitrogen and oxygen atoms in total. The van der Waals surface area contributed by atoms with Crippen molar-refractivity contribution in [2.24, 2.45) is 5.73 Å². The molecule has 0 spiro atoms. The maximum Gasteiger partial charge on any atom is 0.123 e. The quantitative estimate of drug-likeness (QED) is 0.875. The molecule has 106 valence electrons. The fraction of sp³-hybridized carbons (Fsp3) is 0.312. The molecule has 0 radical (unpaired) electrons. The zero-order chi connectivity index (χ0) is 14.4. The van der Waals surface area contributed by atoms with Crippen LogP contribution in [-0.2, 0) is 6.54 Å². The highest BCUT2D eigenvalue weighted by atomic mass is 16.5. The van der Waals surface area contributed by atoms with E-state index in [-0.39, 0.29) is 6.04 Å². The lowest BCUT2D eigenvalue weighted by molar-refractivity contribution is 0.238. The standard InChI is InChI=1S/C16H21N3O/c1-19(12-14-6-3-4-8-16(14)20-2)15(10-17)13-7-5-9-18-11-13/h3-9,11,15H,10,12,17H2,1-2H3. The van der Waals surface area contributed by atoms with Gasteiger partial charge in [-0.15, -0.1) is 0 Å². The van der Waals surface area contributed by atoms with Crippen LogP contribution in [0.25, 0.3) is 0 Å². The first-order valence-electron chi connectivity index (χ1n) is 6.68. The number of methoxy groups -OCH3 is 1. The van der Waals surface area contributed by atoms with Crippen LogP contribution in [0, 0.1) is 0 Å². The average Bonchev–Trinajstić information content (AvgIpc) is 2.49. The van der Waals surface area contributed by atoms with E-state index in [0.29, 0.717) is 6.54 Å². The number of rotatable bonds is 6. The summed E-state index contributed by atoms with van der Waals surface area (Å²) in [5, 5.41) is 0. The Labute approximate surface area is 120 Å². The van der Waals surface area contributed by atoms with Crippen molar-refractivity contribution in [1.29, 1.82) is 0 Å². The molecule has 2 aromatic rings. The molecule has 1 aromatic heterocycles. The molecule has 0 aliphatic rings. The van der Waals surface area contributed by atoms with Gasteiger partial charge in [0.25, 0.3) is 0 Å². The summed E-state index contributed by atoms with van der Waals surface area (Å²) in [6.45, 7) is 1.33. The van der Waals surface area contributed by atoms with E-state index >= 15 is 0 Å². The van der Waals surface area contributed by atoms with E-state index in [0.717, 1.165) is 23.4 Å². The van der Waals surface area contributed by atoms with Crippen LogP contribution >= 0.6 is 0 Å². The molecule has 1 heterocycles. The number of pyridine rings is 1. The Morgan fingerprint density at radius 2 is 2.05 bits per heavy atom. The Bertz CT molecular complexity index is 530. The SMILES string of the molecule is COc1ccccc1CN(C)C(CN)c1cccnc1. The van der Waals surface area contributed by atoms with Crippen LogP contribution in [0.3, 0.4) is 0 Å². The Balaban J connectivity index is 2.15. The summed E-state index contributed by atoms with van der Waals surface area (Å²) in [6, 6.07) is 12.2. The van der Waals surface area contributed by atoms with E-state index in [2.05, 4.69) is 29.1 Å². The molecule has 0 aliphatic carbocycles. The Morgan fingerprint density at radius 1 is 1.25 bits per heavy atom. The number of nitrogens with two attached hydrogens (primary N) is 1. The number of aromatic nitrogens is 1. The summed E-state index contributed by atoms with van der Waals surface area (Å²) >= 11 is 0. The third-order valence-corrected chi connectivity index (χ3v) is 3.44. The molecule has 0 amide bonds. The number of nitrogens with zero attached hydrogens (tertiary/aromatic N) is 2. The Morgan fingerprint density at radius 3 is 2.70 bits per heavy atom. The molecule has 0 aliphatic heterocycles. The molecule has 1 aromatic carbocycles. The van der Waals surface area contributed by atoms with Crippen LogP contribution in [-0.4, -0.2) is 30.6 Å². The largest absolute Gasteiger partial charge is 0.496 e. The molecule has 0 fully saturated rings. The van der Waals surface area contributed by atoms with Gasteiger partial charge in [0, 0.05) is 37.1 Å². The second kappa shape index (κ2) is 7.03. The second-order valence-electron chi connectivity index (χ2n) is 4.76. The van der Waals surface area contributed by atoms with E-state index in [1.54, 1.807) is 13.3 Å². The minimum Gasteiger partial charge on any atom is -0.496 e. The van der Waals surface area contributed by atoms with Crippen LogP contribution in [0.4, 0.5) is 0 Å². The van der Waals surface area contributed by atoms with Gasteiger partial charge in [0.05, 0.1) is 7.11 Å². The smallest absolute Gasteiger partial charge is 0.123 e. The molecule has 2 rings (SSSR count). The average molecular weight is 271 g/mol. The van der Waals surface area contributed by atoms with E-state index < -0.39 is 0 Å². The summed E-state index contributed by atoms with van der Waals surface area (Å²) < 4.78 is 5.40. The minimum absolute atomic E-state index is 0.147. The van der Waals surface area contributed by atoms with Crippen molar-refractivity contribution in [2.75, 3.05) is 20.7 Å². The van der Waals surface area contributed by atoms with Gasteiger partial charge >= 0.3 is 0 Å².